The molecule has 1 aromatic carbocycles. The van der Waals surface area contributed by atoms with E-state index in [9.17, 15) is 0 Å². The van der Waals surface area contributed by atoms with Crippen LogP contribution in [-0.4, -0.2) is 31.8 Å². The van der Waals surface area contributed by atoms with E-state index in [1.165, 1.54) is 5.12 Å². The van der Waals surface area contributed by atoms with Crippen molar-refractivity contribution in [1.29, 1.82) is 0 Å². The Balaban J connectivity index is 3.07. The van der Waals surface area contributed by atoms with E-state index in [1.807, 2.05) is 18.2 Å². The van der Waals surface area contributed by atoms with Gasteiger partial charge in [0.25, 0.3) is 0 Å². The van der Waals surface area contributed by atoms with Gasteiger partial charge in [-0.05, 0) is 18.2 Å². The highest BCUT2D eigenvalue weighted by Crippen LogP contribution is 2.22. The van der Waals surface area contributed by atoms with Crippen LogP contribution in [0.1, 0.15) is 11.1 Å². The maximum absolute atomic E-state index is 5.85. The van der Waals surface area contributed by atoms with Crippen molar-refractivity contribution in [3.8, 4) is 5.75 Å². The largest absolute Gasteiger partial charge is 0.496 e. The van der Waals surface area contributed by atoms with Gasteiger partial charge < -0.3 is 10.5 Å². The first-order valence-electron chi connectivity index (χ1n) is 4.90. The molecule has 0 aliphatic heterocycles. The topological polar surface area (TPSA) is 63.2 Å². The number of alkyl halides is 1. The number of hydrazone groups is 2. The van der Waals surface area contributed by atoms with Gasteiger partial charge in [-0.3, -0.25) is 0 Å². The quantitative estimate of drug-likeness (QED) is 0.390. The minimum atomic E-state index is 0.379. The van der Waals surface area contributed by atoms with Crippen LogP contribution in [0.5, 0.6) is 5.75 Å². The summed E-state index contributed by atoms with van der Waals surface area (Å²) in [5.74, 6) is 1.19. The minimum absolute atomic E-state index is 0.379. The van der Waals surface area contributed by atoms with Crippen LogP contribution in [0.3, 0.4) is 0 Å². The van der Waals surface area contributed by atoms with Gasteiger partial charge in [0, 0.05) is 30.2 Å². The molecule has 0 saturated heterocycles. The van der Waals surface area contributed by atoms with Crippen molar-refractivity contribution in [3.05, 3.63) is 29.3 Å². The number of amidine groups is 1. The molecule has 0 spiro atoms. The van der Waals surface area contributed by atoms with Gasteiger partial charge >= 0.3 is 0 Å². The molecular formula is C11H15BrN4O. The molecule has 17 heavy (non-hydrogen) atoms. The van der Waals surface area contributed by atoms with Gasteiger partial charge in [-0.15, -0.1) is 5.10 Å². The molecule has 0 aromatic heterocycles. The zero-order valence-corrected chi connectivity index (χ0v) is 11.4. The standard InChI is InChI=1S/C11H15BrN4O/c1-14-16(2)15-11(13)8-4-5-10(17-3)9(6-8)7-12/h4-6H,1,7H2,2-3H3,(H2,13,15). The molecule has 0 unspecified atom stereocenters. The lowest BCUT2D eigenvalue weighted by Crippen LogP contribution is -2.18. The highest BCUT2D eigenvalue weighted by Gasteiger charge is 2.06. The van der Waals surface area contributed by atoms with Crippen LogP contribution >= 0.6 is 15.9 Å². The maximum Gasteiger partial charge on any atom is 0.152 e. The average molecular weight is 299 g/mol. The molecule has 0 fully saturated rings. The fourth-order valence-electron chi connectivity index (χ4n) is 1.29. The second kappa shape index (κ2) is 6.24. The van der Waals surface area contributed by atoms with E-state index in [4.69, 9.17) is 10.5 Å². The van der Waals surface area contributed by atoms with Gasteiger partial charge in [-0.1, -0.05) is 15.9 Å². The van der Waals surface area contributed by atoms with Crippen molar-refractivity contribution in [2.75, 3.05) is 14.2 Å². The second-order valence-electron chi connectivity index (χ2n) is 3.28. The summed E-state index contributed by atoms with van der Waals surface area (Å²) in [6.07, 6.45) is 0. The molecule has 0 saturated carbocycles. The Bertz CT molecular complexity index is 433. The molecule has 0 amide bonds. The summed E-state index contributed by atoms with van der Waals surface area (Å²) in [6.45, 7) is 3.35. The molecule has 0 atom stereocenters. The number of rotatable bonds is 5. The number of halogens is 1. The fraction of sp³-hybridized carbons (Fsp3) is 0.273. The third-order valence-electron chi connectivity index (χ3n) is 2.18. The van der Waals surface area contributed by atoms with Crippen molar-refractivity contribution in [3.63, 3.8) is 0 Å². The van der Waals surface area contributed by atoms with Crippen LogP contribution in [0.15, 0.2) is 28.4 Å². The van der Waals surface area contributed by atoms with E-state index < -0.39 is 0 Å². The van der Waals surface area contributed by atoms with Crippen molar-refractivity contribution in [2.45, 2.75) is 5.33 Å². The van der Waals surface area contributed by atoms with Crippen LogP contribution in [0, 0.1) is 0 Å². The lowest BCUT2D eigenvalue weighted by atomic mass is 10.1. The number of hydrogen-bond donors (Lipinski definition) is 1. The van der Waals surface area contributed by atoms with Gasteiger partial charge in [0.15, 0.2) is 5.84 Å². The van der Waals surface area contributed by atoms with Crippen molar-refractivity contribution < 1.29 is 4.74 Å². The molecule has 6 heteroatoms. The highest BCUT2D eigenvalue weighted by molar-refractivity contribution is 9.08. The Morgan fingerprint density at radius 3 is 2.82 bits per heavy atom. The summed E-state index contributed by atoms with van der Waals surface area (Å²) in [4.78, 5) is 0. The van der Waals surface area contributed by atoms with Crippen LogP contribution in [-0.2, 0) is 5.33 Å². The van der Waals surface area contributed by atoms with Crippen molar-refractivity contribution in [1.82, 2.24) is 5.12 Å². The predicted octanol–water partition coefficient (Wildman–Crippen LogP) is 1.76. The van der Waals surface area contributed by atoms with Gasteiger partial charge in [0.2, 0.25) is 0 Å². The van der Waals surface area contributed by atoms with E-state index >= 15 is 0 Å². The van der Waals surface area contributed by atoms with Gasteiger partial charge in [0.1, 0.15) is 5.75 Å². The Labute approximate surface area is 109 Å². The average Bonchev–Trinajstić information content (AvgIpc) is 2.37. The number of hydrogen-bond acceptors (Lipinski definition) is 4. The van der Waals surface area contributed by atoms with Crippen molar-refractivity contribution in [2.24, 2.45) is 15.9 Å². The minimum Gasteiger partial charge on any atom is -0.496 e. The maximum atomic E-state index is 5.85. The molecule has 1 aromatic rings. The van der Waals surface area contributed by atoms with Crippen molar-refractivity contribution >= 4 is 28.5 Å². The molecule has 5 nitrogen and oxygen atoms in total. The third kappa shape index (κ3) is 3.45. The molecule has 0 radical (unpaired) electrons. The summed E-state index contributed by atoms with van der Waals surface area (Å²) in [7, 11) is 3.29. The highest BCUT2D eigenvalue weighted by atomic mass is 79.9. The molecule has 0 aliphatic rings. The smallest absolute Gasteiger partial charge is 0.152 e. The Morgan fingerprint density at radius 2 is 2.29 bits per heavy atom. The van der Waals surface area contributed by atoms with E-state index in [2.05, 4.69) is 32.9 Å². The van der Waals surface area contributed by atoms with Crippen LogP contribution in [0.4, 0.5) is 0 Å². The van der Waals surface area contributed by atoms with E-state index in [0.29, 0.717) is 11.2 Å². The summed E-state index contributed by atoms with van der Waals surface area (Å²) in [5.41, 5.74) is 7.68. The Hall–Kier alpha value is -1.56. The first kappa shape index (κ1) is 13.5. The van der Waals surface area contributed by atoms with Gasteiger partial charge in [-0.25, -0.2) is 0 Å². The lowest BCUT2D eigenvalue weighted by Gasteiger charge is -2.10. The number of ether oxygens (including phenoxy) is 1. The summed E-state index contributed by atoms with van der Waals surface area (Å²) in [5, 5.41) is 9.65. The Morgan fingerprint density at radius 1 is 1.59 bits per heavy atom. The van der Waals surface area contributed by atoms with E-state index in [0.717, 1.165) is 16.9 Å². The van der Waals surface area contributed by atoms with Crippen LogP contribution in [0.2, 0.25) is 0 Å². The predicted molar refractivity (Wildman–Crippen MR) is 73.7 cm³/mol. The monoisotopic (exact) mass is 298 g/mol. The SMILES string of the molecule is C=NN(C)/N=C(\N)c1ccc(OC)c(CBr)c1. The van der Waals surface area contributed by atoms with E-state index in [1.54, 1.807) is 14.2 Å². The molecule has 0 aliphatic carbocycles. The second-order valence-corrected chi connectivity index (χ2v) is 3.84. The molecule has 2 N–H and O–H groups in total. The first-order chi connectivity index (χ1) is 8.12. The summed E-state index contributed by atoms with van der Waals surface area (Å²) in [6, 6.07) is 5.62. The molecule has 0 heterocycles. The molecule has 92 valence electrons. The zero-order chi connectivity index (χ0) is 12.8. The summed E-state index contributed by atoms with van der Waals surface area (Å²) >= 11 is 3.40. The van der Waals surface area contributed by atoms with Gasteiger partial charge in [-0.2, -0.15) is 10.2 Å². The van der Waals surface area contributed by atoms with Gasteiger partial charge in [0.05, 0.1) is 7.11 Å². The third-order valence-corrected chi connectivity index (χ3v) is 2.78. The lowest BCUT2D eigenvalue weighted by molar-refractivity contribution is 0.381. The summed E-state index contributed by atoms with van der Waals surface area (Å²) < 4.78 is 5.22. The number of methoxy groups -OCH3 is 1. The number of nitrogens with zero attached hydrogens (tertiary/aromatic N) is 3. The fourth-order valence-corrected chi connectivity index (χ4v) is 1.73. The van der Waals surface area contributed by atoms with Crippen LogP contribution in [0.25, 0.3) is 0 Å². The number of nitrogens with two attached hydrogens (primary N) is 1. The molecule has 0 bridgehead atoms. The van der Waals surface area contributed by atoms with E-state index in [-0.39, 0.29) is 0 Å². The normalized spacial score (nSPS) is 11.1. The number of benzene rings is 1. The Kier molecular flexibility index (Phi) is 4.96. The molecular weight excluding hydrogens is 284 g/mol. The van der Waals surface area contributed by atoms with Crippen LogP contribution < -0.4 is 10.5 Å². The zero-order valence-electron chi connectivity index (χ0n) is 9.85. The molecule has 1 rings (SSSR count). The first-order valence-corrected chi connectivity index (χ1v) is 6.02.